The molecular formula is C5H9Cl2F3O3SSi. The van der Waals surface area contributed by atoms with Gasteiger partial charge in [0.1, 0.15) is 8.07 Å². The van der Waals surface area contributed by atoms with Gasteiger partial charge in [0, 0.05) is 0 Å². The predicted octanol–water partition coefficient (Wildman–Crippen LogP) is 2.86. The van der Waals surface area contributed by atoms with Crippen molar-refractivity contribution in [1.29, 1.82) is 0 Å². The van der Waals surface area contributed by atoms with Crippen LogP contribution in [0.4, 0.5) is 13.3 Å². The smallest absolute Gasteiger partial charge is 0.222 e. The highest BCUT2D eigenvalue weighted by Gasteiger charge is 2.70. The molecule has 0 rings (SSSR count). The zero-order valence-electron chi connectivity index (χ0n) is 8.02. The molecule has 0 amide bonds. The maximum Gasteiger partial charge on any atom is 0.335 e. The molecule has 0 aliphatic heterocycles. The molecule has 0 saturated heterocycles. The number of alkyl halides is 4. The summed E-state index contributed by atoms with van der Waals surface area (Å²) in [7, 11) is -8.95. The molecule has 0 aromatic heterocycles. The van der Waals surface area contributed by atoms with E-state index in [1.807, 2.05) is 0 Å². The molecule has 0 aliphatic rings. The summed E-state index contributed by atoms with van der Waals surface area (Å²) in [6.07, 6.45) is 0. The Labute approximate surface area is 96.5 Å². The van der Waals surface area contributed by atoms with Gasteiger partial charge in [-0.15, -0.1) is 0 Å². The number of rotatable bonds is 4. The van der Waals surface area contributed by atoms with Gasteiger partial charge in [-0.25, -0.2) is 8.78 Å². The Morgan fingerprint density at radius 3 is 1.60 bits per heavy atom. The molecule has 92 valence electrons. The maximum atomic E-state index is 14.1. The normalized spacial score (nSPS) is 18.7. The summed E-state index contributed by atoms with van der Waals surface area (Å²) < 4.78 is 55.8. The molecule has 0 bridgehead atoms. The molecule has 0 fully saturated rings. The molecule has 15 heavy (non-hydrogen) atoms. The largest absolute Gasteiger partial charge is 0.335 e. The van der Waals surface area contributed by atoms with Crippen LogP contribution >= 0.6 is 23.2 Å². The Bertz CT molecular complexity index is 320. The molecule has 0 N–H and O–H groups in total. The summed E-state index contributed by atoms with van der Waals surface area (Å²) in [6.45, 7) is 3.34. The van der Waals surface area contributed by atoms with Crippen LogP contribution in [0.25, 0.3) is 0 Å². The minimum absolute atomic E-state index is 1.11. The third-order valence-corrected chi connectivity index (χ3v) is 8.82. The maximum absolute atomic E-state index is 14.1. The van der Waals surface area contributed by atoms with E-state index in [0.29, 0.717) is 0 Å². The van der Waals surface area contributed by atoms with E-state index in [0.717, 1.165) is 19.6 Å². The molecule has 3 nitrogen and oxygen atoms in total. The first-order chi connectivity index (χ1) is 6.31. The van der Waals surface area contributed by atoms with Crippen molar-refractivity contribution in [3.8, 4) is 0 Å². The summed E-state index contributed by atoms with van der Waals surface area (Å²) in [4.78, 5) is 0. The second-order valence-electron chi connectivity index (χ2n) is 3.86. The van der Waals surface area contributed by atoms with Gasteiger partial charge in [-0.3, -0.25) is 0 Å². The fraction of sp³-hybridized carbons (Fsp3) is 1.00. The molecule has 1 unspecified atom stereocenters. The average Bonchev–Trinajstić information content (AvgIpc) is 1.98. The van der Waals surface area contributed by atoms with E-state index >= 15 is 0 Å². The van der Waals surface area contributed by atoms with Crippen LogP contribution in [-0.2, 0) is 14.5 Å². The van der Waals surface area contributed by atoms with Crippen LogP contribution in [-0.4, -0.2) is 25.7 Å². The average molecular weight is 305 g/mol. The van der Waals surface area contributed by atoms with Gasteiger partial charge >= 0.3 is 14.7 Å². The Morgan fingerprint density at radius 2 is 1.53 bits per heavy atom. The van der Waals surface area contributed by atoms with E-state index < -0.39 is 27.4 Å². The van der Waals surface area contributed by atoms with Gasteiger partial charge in [-0.05, 0) is 4.53 Å². The molecule has 0 aromatic carbocycles. The predicted molar refractivity (Wildman–Crippen MR) is 53.8 cm³/mol. The number of halogens is 5. The van der Waals surface area contributed by atoms with Crippen LogP contribution in [0, 0.1) is 0 Å². The summed E-state index contributed by atoms with van der Waals surface area (Å²) >= 11 is 9.64. The van der Waals surface area contributed by atoms with E-state index in [4.69, 9.17) is 23.2 Å². The Hall–Kier alpha value is 0.497. The van der Waals surface area contributed by atoms with Gasteiger partial charge in [-0.1, -0.05) is 47.2 Å². The first-order valence-electron chi connectivity index (χ1n) is 3.61. The Kier molecular flexibility index (Phi) is 4.20. The molecule has 0 radical (unpaired) electrons. The SMILES string of the molecule is C[Si](C)(C)C(F)(C(F)(Cl)Cl)S(=O)(=O)OF. The van der Waals surface area contributed by atoms with E-state index in [1.165, 1.54) is 0 Å². The minimum Gasteiger partial charge on any atom is -0.222 e. The molecule has 10 heteroatoms. The van der Waals surface area contributed by atoms with Crippen LogP contribution in [0.3, 0.4) is 0 Å². The molecule has 0 spiro atoms. The molecule has 0 saturated carbocycles. The lowest BCUT2D eigenvalue weighted by Gasteiger charge is -2.36. The van der Waals surface area contributed by atoms with Crippen molar-refractivity contribution >= 4 is 41.4 Å². The standard InChI is InChI=1S/C5H9Cl2F3O3SSi/c1-15(2,3)5(9,4(6,7)8)14(11,12)13-10/h1-3H3. The molecule has 1 atom stereocenters. The van der Waals surface area contributed by atoms with Crippen LogP contribution in [0.5, 0.6) is 0 Å². The second kappa shape index (κ2) is 4.06. The van der Waals surface area contributed by atoms with Crippen molar-refractivity contribution in [2.24, 2.45) is 0 Å². The van der Waals surface area contributed by atoms with E-state index in [9.17, 15) is 21.7 Å². The van der Waals surface area contributed by atoms with Gasteiger partial charge in [0.25, 0.3) is 4.62 Å². The molecule has 0 aliphatic carbocycles. The van der Waals surface area contributed by atoms with Crippen molar-refractivity contribution in [3.63, 3.8) is 0 Å². The Balaban J connectivity index is 5.89. The molecule has 0 aromatic rings. The van der Waals surface area contributed by atoms with Crippen molar-refractivity contribution in [2.45, 2.75) is 28.9 Å². The van der Waals surface area contributed by atoms with E-state index in [1.54, 1.807) is 0 Å². The van der Waals surface area contributed by atoms with Gasteiger partial charge in [0.15, 0.2) is 0 Å². The van der Waals surface area contributed by atoms with Crippen molar-refractivity contribution in [2.75, 3.05) is 0 Å². The van der Waals surface area contributed by atoms with Crippen molar-refractivity contribution in [1.82, 2.24) is 0 Å². The summed E-state index contributed by atoms with van der Waals surface area (Å²) in [5.41, 5.74) is 0. The van der Waals surface area contributed by atoms with Crippen LogP contribution in [0.2, 0.25) is 19.6 Å². The summed E-state index contributed by atoms with van der Waals surface area (Å²) in [5, 5.41) is 0. The third kappa shape index (κ3) is 2.43. The summed E-state index contributed by atoms with van der Waals surface area (Å²) in [5.74, 6) is 0. The Morgan fingerprint density at radius 1 is 1.20 bits per heavy atom. The van der Waals surface area contributed by atoms with Crippen molar-refractivity contribution < 1.29 is 26.1 Å². The number of hydrogen-bond donors (Lipinski definition) is 0. The zero-order chi connectivity index (χ0) is 12.7. The highest BCUT2D eigenvalue weighted by Crippen LogP contribution is 2.48. The topological polar surface area (TPSA) is 43.4 Å². The lowest BCUT2D eigenvalue weighted by Crippen LogP contribution is -2.62. The van der Waals surface area contributed by atoms with Gasteiger partial charge < -0.3 is 0 Å². The number of hydrogen-bond acceptors (Lipinski definition) is 3. The third-order valence-electron chi connectivity index (χ3n) is 1.76. The van der Waals surface area contributed by atoms with Gasteiger partial charge in [0.05, 0.1) is 0 Å². The van der Waals surface area contributed by atoms with Gasteiger partial charge in [-0.2, -0.15) is 8.42 Å². The minimum atomic E-state index is -5.49. The van der Waals surface area contributed by atoms with Gasteiger partial charge in [0.2, 0.25) is 0 Å². The second-order valence-corrected chi connectivity index (χ2v) is 12.2. The van der Waals surface area contributed by atoms with Crippen molar-refractivity contribution in [3.05, 3.63) is 0 Å². The molecular weight excluding hydrogens is 296 g/mol. The van der Waals surface area contributed by atoms with E-state index in [-0.39, 0.29) is 0 Å². The monoisotopic (exact) mass is 304 g/mol. The molecule has 0 heterocycles. The first kappa shape index (κ1) is 15.5. The fourth-order valence-corrected chi connectivity index (χ4v) is 7.57. The lowest BCUT2D eigenvalue weighted by atomic mass is 10.8. The van der Waals surface area contributed by atoms with E-state index in [2.05, 4.69) is 4.39 Å². The van der Waals surface area contributed by atoms with Crippen LogP contribution in [0.15, 0.2) is 0 Å². The van der Waals surface area contributed by atoms with Crippen LogP contribution in [0.1, 0.15) is 0 Å². The quantitative estimate of drug-likeness (QED) is 0.592. The zero-order valence-corrected chi connectivity index (χ0v) is 11.4. The highest BCUT2D eigenvalue weighted by molar-refractivity contribution is 7.90. The lowest BCUT2D eigenvalue weighted by molar-refractivity contribution is -0.00799. The summed E-state index contributed by atoms with van der Waals surface area (Å²) in [6, 6.07) is 0. The fourth-order valence-electron chi connectivity index (χ4n) is 0.985. The highest BCUT2D eigenvalue weighted by atomic mass is 35.5. The van der Waals surface area contributed by atoms with Crippen LogP contribution < -0.4 is 0 Å². The first-order valence-corrected chi connectivity index (χ1v) is 9.28.